The van der Waals surface area contributed by atoms with Gasteiger partial charge in [0.25, 0.3) is 0 Å². The summed E-state index contributed by atoms with van der Waals surface area (Å²) in [5, 5.41) is 9.60. The van der Waals surface area contributed by atoms with E-state index in [9.17, 15) is 0 Å². The number of likely N-dealkylation sites (N-methyl/N-ethyl adjacent to an activating group) is 1. The van der Waals surface area contributed by atoms with Crippen LogP contribution in [-0.2, 0) is 6.42 Å². The molecule has 2 atom stereocenters. The van der Waals surface area contributed by atoms with Gasteiger partial charge in [-0.05, 0) is 49.4 Å². The lowest BCUT2D eigenvalue weighted by Gasteiger charge is -2.09. The molecule has 0 aliphatic rings. The van der Waals surface area contributed by atoms with Gasteiger partial charge in [0.2, 0.25) is 5.89 Å². The fraction of sp³-hybridized carbons (Fsp3) is 0.368. The molecule has 1 aromatic heterocycles. The Morgan fingerprint density at radius 2 is 1.84 bits per heavy atom. The number of halogens is 1. The third kappa shape index (κ3) is 4.30. The van der Waals surface area contributed by atoms with Gasteiger partial charge in [-0.25, -0.2) is 0 Å². The van der Waals surface area contributed by atoms with E-state index in [1.165, 1.54) is 5.39 Å². The molecule has 134 valence electrons. The number of rotatable bonds is 6. The highest BCUT2D eigenvalue weighted by Crippen LogP contribution is 2.28. The van der Waals surface area contributed by atoms with Crippen LogP contribution in [0.25, 0.3) is 10.8 Å². The van der Waals surface area contributed by atoms with Crippen LogP contribution in [0.2, 0.25) is 0 Å². The van der Waals surface area contributed by atoms with E-state index >= 15 is 0 Å². The summed E-state index contributed by atoms with van der Waals surface area (Å²) in [6, 6.07) is 12.8. The molecule has 0 aliphatic heterocycles. The number of hydrogen-bond donors (Lipinski definition) is 1. The van der Waals surface area contributed by atoms with Gasteiger partial charge >= 0.3 is 0 Å². The first-order chi connectivity index (χ1) is 11.6. The highest BCUT2D eigenvalue weighted by atomic mass is 35.5. The van der Waals surface area contributed by atoms with Crippen LogP contribution >= 0.6 is 12.4 Å². The van der Waals surface area contributed by atoms with E-state index in [1.54, 1.807) is 7.11 Å². The maximum absolute atomic E-state index is 5.47. The minimum Gasteiger partial charge on any atom is -0.497 e. The summed E-state index contributed by atoms with van der Waals surface area (Å²) in [5.41, 5.74) is 1.16. The molecule has 6 heteroatoms. The van der Waals surface area contributed by atoms with Crippen LogP contribution in [0.1, 0.15) is 37.0 Å². The summed E-state index contributed by atoms with van der Waals surface area (Å²) in [6.45, 7) is 4.18. The summed E-state index contributed by atoms with van der Waals surface area (Å²) in [6.07, 6.45) is 0.754. The van der Waals surface area contributed by atoms with Gasteiger partial charge in [0.05, 0.1) is 13.0 Å². The predicted octanol–water partition coefficient (Wildman–Crippen LogP) is 3.96. The quantitative estimate of drug-likeness (QED) is 0.720. The average Bonchev–Trinajstić information content (AvgIpc) is 3.08. The lowest BCUT2D eigenvalue weighted by molar-refractivity contribution is 0.364. The van der Waals surface area contributed by atoms with Crippen LogP contribution in [0, 0.1) is 0 Å². The standard InChI is InChI=1S/C19H23N3O2.ClH/c1-12(20-3)9-18-21-19(24-22-18)13(2)14-5-6-16-11-17(23-4)8-7-15(16)10-14;/h5-8,10-13,20H,9H2,1-4H3;1H. The molecule has 0 radical (unpaired) electrons. The Labute approximate surface area is 154 Å². The van der Waals surface area contributed by atoms with E-state index in [2.05, 4.69) is 53.6 Å². The van der Waals surface area contributed by atoms with Crippen molar-refractivity contribution in [3.8, 4) is 5.75 Å². The topological polar surface area (TPSA) is 60.2 Å². The van der Waals surface area contributed by atoms with Crippen LogP contribution in [0.3, 0.4) is 0 Å². The van der Waals surface area contributed by atoms with E-state index in [4.69, 9.17) is 9.26 Å². The maximum atomic E-state index is 5.47. The van der Waals surface area contributed by atoms with Crippen LogP contribution in [0.15, 0.2) is 40.9 Å². The van der Waals surface area contributed by atoms with E-state index < -0.39 is 0 Å². The SMILES string of the molecule is CNC(C)Cc1noc(C(C)c2ccc3cc(OC)ccc3c2)n1.Cl. The molecule has 3 rings (SSSR count). The van der Waals surface area contributed by atoms with Crippen molar-refractivity contribution >= 4 is 23.2 Å². The zero-order valence-corrected chi connectivity index (χ0v) is 15.8. The van der Waals surface area contributed by atoms with E-state index in [1.807, 2.05) is 19.2 Å². The summed E-state index contributed by atoms with van der Waals surface area (Å²) in [4.78, 5) is 4.54. The monoisotopic (exact) mass is 361 g/mol. The molecule has 3 aromatic rings. The second-order valence-corrected chi connectivity index (χ2v) is 6.14. The van der Waals surface area contributed by atoms with Crippen LogP contribution in [0.4, 0.5) is 0 Å². The van der Waals surface area contributed by atoms with E-state index in [0.29, 0.717) is 11.9 Å². The van der Waals surface area contributed by atoms with Gasteiger partial charge in [-0.2, -0.15) is 4.98 Å². The van der Waals surface area contributed by atoms with Crippen molar-refractivity contribution < 1.29 is 9.26 Å². The summed E-state index contributed by atoms with van der Waals surface area (Å²) in [5.74, 6) is 2.32. The molecule has 2 aromatic carbocycles. The molecular weight excluding hydrogens is 338 g/mol. The fourth-order valence-corrected chi connectivity index (χ4v) is 2.68. The minimum atomic E-state index is 0. The van der Waals surface area contributed by atoms with Gasteiger partial charge in [-0.1, -0.05) is 29.4 Å². The Morgan fingerprint density at radius 3 is 2.56 bits per heavy atom. The van der Waals surface area contributed by atoms with Crippen molar-refractivity contribution in [2.24, 2.45) is 0 Å². The minimum absolute atomic E-state index is 0. The number of benzene rings is 2. The lowest BCUT2D eigenvalue weighted by atomic mass is 9.97. The molecule has 0 fully saturated rings. The Bertz CT molecular complexity index is 834. The van der Waals surface area contributed by atoms with Crippen LogP contribution in [0.5, 0.6) is 5.75 Å². The summed E-state index contributed by atoms with van der Waals surface area (Å²) < 4.78 is 10.7. The molecule has 0 aliphatic carbocycles. The number of fused-ring (bicyclic) bond motifs is 1. The van der Waals surface area contributed by atoms with Crippen molar-refractivity contribution in [3.05, 3.63) is 53.7 Å². The zero-order valence-electron chi connectivity index (χ0n) is 14.9. The molecule has 1 N–H and O–H groups in total. The van der Waals surface area contributed by atoms with Crippen molar-refractivity contribution in [1.29, 1.82) is 0 Å². The summed E-state index contributed by atoms with van der Waals surface area (Å²) in [7, 11) is 3.61. The smallest absolute Gasteiger partial charge is 0.233 e. The van der Waals surface area contributed by atoms with Crippen LogP contribution < -0.4 is 10.1 Å². The van der Waals surface area contributed by atoms with E-state index in [-0.39, 0.29) is 18.3 Å². The Hall–Kier alpha value is -2.11. The highest BCUT2D eigenvalue weighted by Gasteiger charge is 2.17. The van der Waals surface area contributed by atoms with Gasteiger partial charge < -0.3 is 14.6 Å². The third-order valence-electron chi connectivity index (χ3n) is 4.41. The first-order valence-corrected chi connectivity index (χ1v) is 8.18. The number of methoxy groups -OCH3 is 1. The van der Waals surface area contributed by atoms with Gasteiger partial charge in [0.15, 0.2) is 5.82 Å². The van der Waals surface area contributed by atoms with Gasteiger partial charge in [-0.3, -0.25) is 0 Å². The van der Waals surface area contributed by atoms with Crippen molar-refractivity contribution in [3.63, 3.8) is 0 Å². The predicted molar refractivity (Wildman–Crippen MR) is 102 cm³/mol. The molecular formula is C19H24ClN3O2. The first-order valence-electron chi connectivity index (χ1n) is 8.18. The summed E-state index contributed by atoms with van der Waals surface area (Å²) >= 11 is 0. The molecule has 0 saturated heterocycles. The first kappa shape index (κ1) is 19.2. The molecule has 5 nitrogen and oxygen atoms in total. The third-order valence-corrected chi connectivity index (χ3v) is 4.41. The Balaban J connectivity index is 0.00000225. The number of hydrogen-bond acceptors (Lipinski definition) is 5. The highest BCUT2D eigenvalue weighted by molar-refractivity contribution is 5.85. The molecule has 0 amide bonds. The molecule has 1 heterocycles. The average molecular weight is 362 g/mol. The largest absolute Gasteiger partial charge is 0.497 e. The number of aromatic nitrogens is 2. The molecule has 0 spiro atoms. The lowest BCUT2D eigenvalue weighted by Crippen LogP contribution is -2.24. The fourth-order valence-electron chi connectivity index (χ4n) is 2.68. The van der Waals surface area contributed by atoms with Gasteiger partial charge in [0.1, 0.15) is 5.75 Å². The molecule has 0 saturated carbocycles. The number of nitrogens with one attached hydrogen (secondary N) is 1. The zero-order chi connectivity index (χ0) is 17.1. The molecule has 2 unspecified atom stereocenters. The normalized spacial score (nSPS) is 13.3. The Morgan fingerprint density at radius 1 is 1.12 bits per heavy atom. The second-order valence-electron chi connectivity index (χ2n) is 6.14. The van der Waals surface area contributed by atoms with Gasteiger partial charge in [0, 0.05) is 12.5 Å². The van der Waals surface area contributed by atoms with Crippen molar-refractivity contribution in [1.82, 2.24) is 15.5 Å². The Kier molecular flexibility index (Phi) is 6.39. The van der Waals surface area contributed by atoms with Crippen molar-refractivity contribution in [2.45, 2.75) is 32.2 Å². The van der Waals surface area contributed by atoms with Crippen molar-refractivity contribution in [2.75, 3.05) is 14.2 Å². The number of nitrogens with zero attached hydrogens (tertiary/aromatic N) is 2. The van der Waals surface area contributed by atoms with Crippen LogP contribution in [-0.4, -0.2) is 30.3 Å². The molecule has 0 bridgehead atoms. The molecule has 25 heavy (non-hydrogen) atoms. The second kappa shape index (κ2) is 8.32. The number of ether oxygens (including phenoxy) is 1. The maximum Gasteiger partial charge on any atom is 0.233 e. The van der Waals surface area contributed by atoms with E-state index in [0.717, 1.165) is 28.9 Å². The van der Waals surface area contributed by atoms with Gasteiger partial charge in [-0.15, -0.1) is 12.4 Å².